The molecule has 8 heteroatoms. The van der Waals surface area contributed by atoms with Gasteiger partial charge in [0.25, 0.3) is 0 Å². The monoisotopic (exact) mass is 255 g/mol. The summed E-state index contributed by atoms with van der Waals surface area (Å²) in [6.07, 6.45) is -4.11. The van der Waals surface area contributed by atoms with Gasteiger partial charge in [0.05, 0.1) is 13.3 Å². The zero-order valence-corrected chi connectivity index (χ0v) is 8.59. The fraction of sp³-hybridized carbons (Fsp3) is 0.250. The Bertz CT molecular complexity index is 408. The molecule has 0 saturated heterocycles. The van der Waals surface area contributed by atoms with Crippen molar-refractivity contribution in [3.05, 3.63) is 23.0 Å². The van der Waals surface area contributed by atoms with Crippen LogP contribution in [0.2, 0.25) is 5.15 Å². The summed E-state index contributed by atoms with van der Waals surface area (Å²) in [6.45, 7) is 0. The van der Waals surface area contributed by atoms with Crippen molar-refractivity contribution in [2.75, 3.05) is 7.11 Å². The Labute approximate surface area is 92.9 Å². The highest BCUT2D eigenvalue weighted by Crippen LogP contribution is 2.25. The number of carbonyl (C=O) groups is 1. The predicted molar refractivity (Wildman–Crippen MR) is 47.3 cm³/mol. The lowest BCUT2D eigenvalue weighted by atomic mass is 10.3. The zero-order valence-electron chi connectivity index (χ0n) is 7.84. The Morgan fingerprint density at radius 2 is 2.12 bits per heavy atom. The first kappa shape index (κ1) is 12.6. The summed E-state index contributed by atoms with van der Waals surface area (Å²) in [5, 5.41) is -0.263. The molecular weight excluding hydrogens is 251 g/mol. The Morgan fingerprint density at radius 1 is 1.50 bits per heavy atom. The fourth-order valence-corrected chi connectivity index (χ4v) is 1.05. The molecule has 0 saturated carbocycles. The van der Waals surface area contributed by atoms with Crippen LogP contribution >= 0.6 is 11.6 Å². The SMILES string of the molecule is COC(=O)c1cc(OC(F)(F)F)cnc1Cl. The summed E-state index contributed by atoms with van der Waals surface area (Å²) in [5.41, 5.74) is -0.300. The third-order valence-corrected chi connectivity index (χ3v) is 1.75. The van der Waals surface area contributed by atoms with Crippen molar-refractivity contribution in [2.45, 2.75) is 6.36 Å². The number of esters is 1. The van der Waals surface area contributed by atoms with Crippen molar-refractivity contribution in [3.8, 4) is 5.75 Å². The second-order valence-corrected chi connectivity index (χ2v) is 2.91. The molecule has 1 aromatic rings. The highest BCUT2D eigenvalue weighted by molar-refractivity contribution is 6.32. The van der Waals surface area contributed by atoms with Crippen LogP contribution < -0.4 is 4.74 Å². The molecule has 0 unspecified atom stereocenters. The molecule has 16 heavy (non-hydrogen) atoms. The molecule has 0 amide bonds. The number of pyridine rings is 1. The van der Waals surface area contributed by atoms with Gasteiger partial charge in [0.1, 0.15) is 16.5 Å². The van der Waals surface area contributed by atoms with E-state index in [-0.39, 0.29) is 10.7 Å². The minimum atomic E-state index is -4.86. The number of alkyl halides is 3. The van der Waals surface area contributed by atoms with Crippen molar-refractivity contribution in [1.29, 1.82) is 0 Å². The number of nitrogens with zero attached hydrogens (tertiary/aromatic N) is 1. The highest BCUT2D eigenvalue weighted by atomic mass is 35.5. The minimum absolute atomic E-state index is 0.263. The normalized spacial score (nSPS) is 11.1. The van der Waals surface area contributed by atoms with Crippen molar-refractivity contribution in [2.24, 2.45) is 0 Å². The number of hydrogen-bond acceptors (Lipinski definition) is 4. The first-order valence-corrected chi connectivity index (χ1v) is 4.21. The second kappa shape index (κ2) is 4.56. The van der Waals surface area contributed by atoms with E-state index in [2.05, 4.69) is 14.5 Å². The van der Waals surface area contributed by atoms with E-state index < -0.39 is 18.1 Å². The molecular formula is C8H5ClF3NO3. The van der Waals surface area contributed by atoms with Gasteiger partial charge in [0.15, 0.2) is 0 Å². The Morgan fingerprint density at radius 3 is 2.62 bits per heavy atom. The summed E-state index contributed by atoms with van der Waals surface area (Å²) in [4.78, 5) is 14.4. The molecule has 1 aromatic heterocycles. The molecule has 1 heterocycles. The van der Waals surface area contributed by atoms with E-state index in [0.717, 1.165) is 19.4 Å². The largest absolute Gasteiger partial charge is 0.573 e. The van der Waals surface area contributed by atoms with E-state index in [9.17, 15) is 18.0 Å². The third-order valence-electron chi connectivity index (χ3n) is 1.45. The first-order valence-electron chi connectivity index (χ1n) is 3.83. The lowest BCUT2D eigenvalue weighted by Crippen LogP contribution is -2.17. The van der Waals surface area contributed by atoms with Gasteiger partial charge in [0.2, 0.25) is 0 Å². The number of halogens is 4. The number of ether oxygens (including phenoxy) is 2. The van der Waals surface area contributed by atoms with Gasteiger partial charge in [-0.3, -0.25) is 0 Å². The Balaban J connectivity index is 3.03. The quantitative estimate of drug-likeness (QED) is 0.601. The maximum atomic E-state index is 11.9. The van der Waals surface area contributed by atoms with Gasteiger partial charge in [-0.1, -0.05) is 11.6 Å². The van der Waals surface area contributed by atoms with Crippen LogP contribution in [0.3, 0.4) is 0 Å². The maximum Gasteiger partial charge on any atom is 0.573 e. The standard InChI is InChI=1S/C8H5ClF3NO3/c1-15-7(14)5-2-4(3-13-6(5)9)16-8(10,11)12/h2-3H,1H3. The lowest BCUT2D eigenvalue weighted by molar-refractivity contribution is -0.274. The molecule has 0 aliphatic carbocycles. The highest BCUT2D eigenvalue weighted by Gasteiger charge is 2.31. The van der Waals surface area contributed by atoms with Gasteiger partial charge >= 0.3 is 12.3 Å². The number of rotatable bonds is 2. The van der Waals surface area contributed by atoms with Crippen LogP contribution in [0.15, 0.2) is 12.3 Å². The topological polar surface area (TPSA) is 48.4 Å². The van der Waals surface area contributed by atoms with Gasteiger partial charge in [-0.15, -0.1) is 13.2 Å². The average molecular weight is 256 g/mol. The van der Waals surface area contributed by atoms with Crippen molar-refractivity contribution >= 4 is 17.6 Å². The van der Waals surface area contributed by atoms with E-state index in [1.807, 2.05) is 0 Å². The van der Waals surface area contributed by atoms with E-state index in [1.165, 1.54) is 0 Å². The average Bonchev–Trinajstić information content (AvgIpc) is 2.18. The van der Waals surface area contributed by atoms with Gasteiger partial charge in [-0.05, 0) is 6.07 Å². The fourth-order valence-electron chi connectivity index (χ4n) is 0.871. The summed E-state index contributed by atoms with van der Waals surface area (Å²) >= 11 is 5.49. The van der Waals surface area contributed by atoms with Gasteiger partial charge in [-0.25, -0.2) is 9.78 Å². The van der Waals surface area contributed by atoms with E-state index in [1.54, 1.807) is 0 Å². The molecule has 0 bridgehead atoms. The summed E-state index contributed by atoms with van der Waals surface area (Å²) in [5.74, 6) is -1.54. The number of carbonyl (C=O) groups excluding carboxylic acids is 1. The van der Waals surface area contributed by atoms with Crippen LogP contribution in [0.1, 0.15) is 10.4 Å². The van der Waals surface area contributed by atoms with Gasteiger partial charge in [0, 0.05) is 0 Å². The maximum absolute atomic E-state index is 11.9. The Hall–Kier alpha value is -1.50. The van der Waals surface area contributed by atoms with Gasteiger partial charge in [-0.2, -0.15) is 0 Å². The summed E-state index contributed by atoms with van der Waals surface area (Å²) < 4.78 is 43.4. The Kier molecular flexibility index (Phi) is 3.58. The van der Waals surface area contributed by atoms with Crippen molar-refractivity contribution in [1.82, 2.24) is 4.98 Å². The molecule has 0 aliphatic rings. The second-order valence-electron chi connectivity index (χ2n) is 2.55. The van der Waals surface area contributed by atoms with Crippen LogP contribution in [0, 0.1) is 0 Å². The molecule has 0 aromatic carbocycles. The predicted octanol–water partition coefficient (Wildman–Crippen LogP) is 2.42. The van der Waals surface area contributed by atoms with Gasteiger partial charge < -0.3 is 9.47 Å². The smallest absolute Gasteiger partial charge is 0.465 e. The van der Waals surface area contributed by atoms with E-state index in [4.69, 9.17) is 11.6 Å². The number of hydrogen-bond donors (Lipinski definition) is 0. The lowest BCUT2D eigenvalue weighted by Gasteiger charge is -2.09. The van der Waals surface area contributed by atoms with E-state index in [0.29, 0.717) is 0 Å². The van der Waals surface area contributed by atoms with Crippen LogP contribution in [0.4, 0.5) is 13.2 Å². The molecule has 0 fully saturated rings. The zero-order chi connectivity index (χ0) is 12.3. The van der Waals surface area contributed by atoms with Crippen molar-refractivity contribution in [3.63, 3.8) is 0 Å². The van der Waals surface area contributed by atoms with Crippen LogP contribution in [0.5, 0.6) is 5.75 Å². The number of aromatic nitrogens is 1. The summed E-state index contributed by atoms with van der Waals surface area (Å²) in [7, 11) is 1.07. The molecule has 4 nitrogen and oxygen atoms in total. The molecule has 0 atom stereocenters. The van der Waals surface area contributed by atoms with E-state index >= 15 is 0 Å². The van der Waals surface area contributed by atoms with Crippen LogP contribution in [0.25, 0.3) is 0 Å². The third kappa shape index (κ3) is 3.27. The number of methoxy groups -OCH3 is 1. The van der Waals surface area contributed by atoms with Crippen LogP contribution in [-0.2, 0) is 4.74 Å². The minimum Gasteiger partial charge on any atom is -0.465 e. The molecule has 1 rings (SSSR count). The van der Waals surface area contributed by atoms with Crippen LogP contribution in [-0.4, -0.2) is 24.4 Å². The first-order chi connectivity index (χ1) is 7.33. The molecule has 0 radical (unpaired) electrons. The molecule has 0 spiro atoms. The summed E-state index contributed by atoms with van der Waals surface area (Å²) in [6, 6.07) is 0.800. The molecule has 88 valence electrons. The molecule has 0 N–H and O–H groups in total. The van der Waals surface area contributed by atoms with Crippen molar-refractivity contribution < 1.29 is 27.4 Å². The molecule has 0 aliphatic heterocycles.